The highest BCUT2D eigenvalue weighted by Gasteiger charge is 2.28. The van der Waals surface area contributed by atoms with Crippen molar-refractivity contribution in [2.45, 2.75) is 341 Å². The van der Waals surface area contributed by atoms with E-state index in [4.69, 9.17) is 9.05 Å². The molecule has 0 aromatic rings. The van der Waals surface area contributed by atoms with Crippen molar-refractivity contribution >= 4 is 13.7 Å². The normalized spacial score (nSPS) is 13.8. The van der Waals surface area contributed by atoms with Gasteiger partial charge in [-0.2, -0.15) is 0 Å². The molecule has 3 unspecified atom stereocenters. The Morgan fingerprint density at radius 3 is 0.971 bits per heavy atom. The molecule has 3 atom stereocenters. The Labute approximate surface area is 431 Å². The number of likely N-dealkylation sites (N-methyl/N-ethyl adjacent to an activating group) is 1. The van der Waals surface area contributed by atoms with Gasteiger partial charge in [0.25, 0.3) is 0 Å². The van der Waals surface area contributed by atoms with Crippen molar-refractivity contribution in [3.05, 3.63) is 0 Å². The van der Waals surface area contributed by atoms with Crippen LogP contribution in [0.4, 0.5) is 0 Å². The van der Waals surface area contributed by atoms with Crippen LogP contribution in [0.2, 0.25) is 0 Å². The quantitative estimate of drug-likeness (QED) is 0.0318. The Bertz CT molecular complexity index is 1090. The van der Waals surface area contributed by atoms with Gasteiger partial charge in [0, 0.05) is 6.42 Å². The molecule has 414 valence electrons. The fraction of sp³-hybridized carbons (Fsp3) is 0.983. The number of carbonyl (C=O) groups is 1. The molecule has 0 bridgehead atoms. The second-order valence-electron chi connectivity index (χ2n) is 22.8. The minimum absolute atomic E-state index is 0.0793. The molecular weight excluding hydrogens is 876 g/mol. The van der Waals surface area contributed by atoms with Crippen LogP contribution in [0.25, 0.3) is 0 Å². The van der Waals surface area contributed by atoms with E-state index in [1.165, 1.54) is 263 Å². The van der Waals surface area contributed by atoms with E-state index < -0.39 is 20.0 Å². The van der Waals surface area contributed by atoms with E-state index in [0.29, 0.717) is 23.9 Å². The predicted octanol–water partition coefficient (Wildman–Crippen LogP) is 18.8. The number of rotatable bonds is 58. The summed E-state index contributed by atoms with van der Waals surface area (Å²) in [5.41, 5.74) is 0. The van der Waals surface area contributed by atoms with Crippen molar-refractivity contribution in [1.82, 2.24) is 5.32 Å². The second-order valence-corrected chi connectivity index (χ2v) is 24.3. The monoisotopic (exact) mass is 1000 g/mol. The summed E-state index contributed by atoms with van der Waals surface area (Å²) >= 11 is 0. The largest absolute Gasteiger partial charge is 0.472 e. The smallest absolute Gasteiger partial charge is 0.391 e. The topological polar surface area (TPSA) is 105 Å². The van der Waals surface area contributed by atoms with Crippen molar-refractivity contribution < 1.29 is 32.9 Å². The average Bonchev–Trinajstić information content (AvgIpc) is 3.31. The Balaban J connectivity index is 4.07. The first kappa shape index (κ1) is 68.5. The van der Waals surface area contributed by atoms with Gasteiger partial charge in [0.05, 0.1) is 39.9 Å². The van der Waals surface area contributed by atoms with Crippen LogP contribution in [0.3, 0.4) is 0 Å². The zero-order chi connectivity index (χ0) is 50.6. The van der Waals surface area contributed by atoms with Crippen LogP contribution in [0, 0.1) is 0 Å². The minimum atomic E-state index is -4.32. The Hall–Kier alpha value is -0.500. The van der Waals surface area contributed by atoms with Crippen molar-refractivity contribution in [1.29, 1.82) is 0 Å². The van der Waals surface area contributed by atoms with Crippen LogP contribution in [-0.2, 0) is 18.4 Å². The number of phosphoric acid groups is 1. The maximum Gasteiger partial charge on any atom is 0.472 e. The zero-order valence-corrected chi connectivity index (χ0v) is 48.2. The molecule has 0 rings (SSSR count). The fourth-order valence-electron chi connectivity index (χ4n) is 9.76. The van der Waals surface area contributed by atoms with Gasteiger partial charge >= 0.3 is 7.82 Å². The summed E-state index contributed by atoms with van der Waals surface area (Å²) in [7, 11) is 1.64. The first-order valence-electron chi connectivity index (χ1n) is 30.9. The summed E-state index contributed by atoms with van der Waals surface area (Å²) in [5, 5.41) is 14.1. The fourth-order valence-corrected chi connectivity index (χ4v) is 10.5. The lowest BCUT2D eigenvalue weighted by molar-refractivity contribution is -0.870. The number of amides is 1. The van der Waals surface area contributed by atoms with Gasteiger partial charge in [-0.05, 0) is 12.8 Å². The third-order valence-corrected chi connectivity index (χ3v) is 15.6. The number of hydrogen-bond acceptors (Lipinski definition) is 5. The Morgan fingerprint density at radius 2 is 0.696 bits per heavy atom. The summed E-state index contributed by atoms with van der Waals surface area (Å²) in [6.07, 6.45) is 63.1. The second kappa shape index (κ2) is 52.4. The van der Waals surface area contributed by atoms with E-state index >= 15 is 0 Å². The van der Waals surface area contributed by atoms with Gasteiger partial charge in [0.1, 0.15) is 13.2 Å². The molecule has 0 fully saturated rings. The predicted molar refractivity (Wildman–Crippen MR) is 300 cm³/mol. The lowest BCUT2D eigenvalue weighted by Crippen LogP contribution is -2.46. The molecule has 3 N–H and O–H groups in total. The number of nitrogens with zero attached hydrogens (tertiary/aromatic N) is 1. The molecule has 0 saturated heterocycles. The number of aliphatic hydroxyl groups is 1. The number of quaternary nitrogens is 1. The van der Waals surface area contributed by atoms with E-state index in [9.17, 15) is 19.4 Å². The lowest BCUT2D eigenvalue weighted by atomic mass is 10.0. The van der Waals surface area contributed by atoms with Crippen molar-refractivity contribution in [2.75, 3.05) is 40.9 Å². The van der Waals surface area contributed by atoms with Crippen LogP contribution < -0.4 is 5.32 Å². The maximum atomic E-state index is 13.0. The van der Waals surface area contributed by atoms with Gasteiger partial charge in [-0.25, -0.2) is 4.57 Å². The Kier molecular flexibility index (Phi) is 52.0. The van der Waals surface area contributed by atoms with Crippen molar-refractivity contribution in [3.8, 4) is 0 Å². The molecule has 0 aromatic heterocycles. The molecule has 69 heavy (non-hydrogen) atoms. The van der Waals surface area contributed by atoms with Crippen molar-refractivity contribution in [2.24, 2.45) is 0 Å². The molecule has 0 spiro atoms. The number of nitrogens with one attached hydrogen (secondary N) is 1. The molecule has 0 aromatic carbocycles. The first-order chi connectivity index (χ1) is 33.5. The Morgan fingerprint density at radius 1 is 0.435 bits per heavy atom. The molecule has 0 aliphatic rings. The standard InChI is InChI=1S/C60H123N2O6P/c1-6-8-10-12-14-16-18-20-22-24-26-28-29-30-31-32-33-34-35-37-39-41-43-45-47-49-51-53-59(63)58(57-68-69(65,66)67-56-55-62(3,4)5)61-60(64)54-52-50-48-46-44-42-40-38-36-27-25-23-21-19-17-15-13-11-9-7-2/h58-59,63H,6-57H2,1-5H3,(H-,61,64,65,66)/p+1. The molecule has 8 nitrogen and oxygen atoms in total. The molecule has 0 saturated carbocycles. The third-order valence-electron chi connectivity index (χ3n) is 14.6. The summed E-state index contributed by atoms with van der Waals surface area (Å²) < 4.78 is 23.8. The summed E-state index contributed by atoms with van der Waals surface area (Å²) in [4.78, 5) is 23.4. The summed E-state index contributed by atoms with van der Waals surface area (Å²) in [6.45, 7) is 4.95. The molecule has 1 amide bonds. The van der Waals surface area contributed by atoms with Gasteiger partial charge in [-0.1, -0.05) is 309 Å². The van der Waals surface area contributed by atoms with Gasteiger partial charge in [-0.3, -0.25) is 13.8 Å². The van der Waals surface area contributed by atoms with Crippen LogP contribution >= 0.6 is 7.82 Å². The SMILES string of the molecule is CCCCCCCCCCCCCCCCCCCCCCCCCCCCCC(O)C(COP(=O)(O)OCC[N+](C)(C)C)NC(=O)CCCCCCCCCCCCCCCCCCCCCC. The van der Waals surface area contributed by atoms with Crippen LogP contribution in [-0.4, -0.2) is 73.4 Å². The summed E-state index contributed by atoms with van der Waals surface area (Å²) in [6, 6.07) is -0.755. The highest BCUT2D eigenvalue weighted by molar-refractivity contribution is 7.47. The number of carbonyl (C=O) groups excluding carboxylic acids is 1. The van der Waals surface area contributed by atoms with E-state index in [1.54, 1.807) is 0 Å². The van der Waals surface area contributed by atoms with E-state index in [0.717, 1.165) is 38.5 Å². The van der Waals surface area contributed by atoms with Gasteiger partial charge < -0.3 is 19.8 Å². The van der Waals surface area contributed by atoms with Crippen LogP contribution in [0.1, 0.15) is 328 Å². The van der Waals surface area contributed by atoms with Crippen molar-refractivity contribution in [3.63, 3.8) is 0 Å². The number of phosphoric ester groups is 1. The van der Waals surface area contributed by atoms with E-state index in [2.05, 4.69) is 19.2 Å². The number of aliphatic hydroxyl groups excluding tert-OH is 1. The molecule has 0 aliphatic carbocycles. The third kappa shape index (κ3) is 55.1. The highest BCUT2D eigenvalue weighted by atomic mass is 31.2. The minimum Gasteiger partial charge on any atom is -0.391 e. The maximum absolute atomic E-state index is 13.0. The van der Waals surface area contributed by atoms with Crippen LogP contribution in [0.15, 0.2) is 0 Å². The molecular formula is C60H124N2O6P+. The van der Waals surface area contributed by atoms with Gasteiger partial charge in [0.15, 0.2) is 0 Å². The van der Waals surface area contributed by atoms with E-state index in [1.807, 2.05) is 21.1 Å². The molecule has 0 heterocycles. The van der Waals surface area contributed by atoms with Crippen LogP contribution in [0.5, 0.6) is 0 Å². The van der Waals surface area contributed by atoms with Gasteiger partial charge in [-0.15, -0.1) is 0 Å². The highest BCUT2D eigenvalue weighted by Crippen LogP contribution is 2.43. The number of unbranched alkanes of at least 4 members (excludes halogenated alkanes) is 45. The lowest BCUT2D eigenvalue weighted by Gasteiger charge is -2.26. The zero-order valence-electron chi connectivity index (χ0n) is 47.3. The number of hydrogen-bond donors (Lipinski definition) is 3. The van der Waals surface area contributed by atoms with E-state index in [-0.39, 0.29) is 19.1 Å². The van der Waals surface area contributed by atoms with Gasteiger partial charge in [0.2, 0.25) is 5.91 Å². The molecule has 0 radical (unpaired) electrons. The average molecular weight is 1000 g/mol. The summed E-state index contributed by atoms with van der Waals surface area (Å²) in [5.74, 6) is -0.135. The first-order valence-corrected chi connectivity index (χ1v) is 32.4. The molecule has 0 aliphatic heterocycles. The molecule has 9 heteroatoms.